The molecule has 0 amide bonds. The number of anilines is 1. The van der Waals surface area contributed by atoms with E-state index in [-0.39, 0.29) is 33.3 Å². The average Bonchev–Trinajstić information content (AvgIpc) is 2.69. The lowest BCUT2D eigenvalue weighted by Crippen LogP contribution is -2.47. The van der Waals surface area contributed by atoms with Crippen LogP contribution < -0.4 is 9.46 Å². The van der Waals surface area contributed by atoms with Crippen LogP contribution in [0, 0.1) is 0 Å². The first kappa shape index (κ1) is 24.0. The highest BCUT2D eigenvalue weighted by molar-refractivity contribution is 9.10. The molecule has 2 aromatic carbocycles. The average molecular weight is 531 g/mol. The molecule has 31 heavy (non-hydrogen) atoms. The van der Waals surface area contributed by atoms with Gasteiger partial charge in [-0.2, -0.15) is 4.31 Å². The first-order valence-corrected chi connectivity index (χ1v) is 13.9. The number of nitrogens with zero attached hydrogens (tertiary/aromatic N) is 1. The number of piperidine rings is 1. The van der Waals surface area contributed by atoms with Crippen LogP contribution in [-0.2, 0) is 20.0 Å². The number of hydrogen-bond acceptors (Lipinski definition) is 5. The van der Waals surface area contributed by atoms with Crippen molar-refractivity contribution < 1.29 is 21.6 Å². The zero-order valence-electron chi connectivity index (χ0n) is 17.7. The van der Waals surface area contributed by atoms with Gasteiger partial charge in [-0.05, 0) is 76.1 Å². The van der Waals surface area contributed by atoms with Gasteiger partial charge in [-0.15, -0.1) is 0 Å². The third-order valence-electron chi connectivity index (χ3n) is 5.29. The highest BCUT2D eigenvalue weighted by Crippen LogP contribution is 2.32. The highest BCUT2D eigenvalue weighted by atomic mass is 79.9. The monoisotopic (exact) mass is 530 g/mol. The predicted molar refractivity (Wildman–Crippen MR) is 124 cm³/mol. The van der Waals surface area contributed by atoms with Gasteiger partial charge >= 0.3 is 0 Å². The summed E-state index contributed by atoms with van der Waals surface area (Å²) in [4.78, 5) is 0.143. The smallest absolute Gasteiger partial charge is 0.265 e. The second-order valence-corrected chi connectivity index (χ2v) is 12.0. The number of ether oxygens (including phenoxy) is 1. The zero-order valence-corrected chi connectivity index (χ0v) is 20.9. The minimum absolute atomic E-state index is 0.00334. The van der Waals surface area contributed by atoms with E-state index in [0.717, 1.165) is 19.3 Å². The summed E-state index contributed by atoms with van der Waals surface area (Å²) in [6.07, 6.45) is 2.67. The van der Waals surface area contributed by atoms with E-state index >= 15 is 0 Å². The molecular weight excluding hydrogens is 504 g/mol. The lowest BCUT2D eigenvalue weighted by atomic mass is 10.0. The molecule has 0 radical (unpaired) electrons. The van der Waals surface area contributed by atoms with Gasteiger partial charge in [-0.25, -0.2) is 16.8 Å². The molecule has 2 aromatic rings. The van der Waals surface area contributed by atoms with Gasteiger partial charge in [-0.1, -0.05) is 22.4 Å². The van der Waals surface area contributed by atoms with Crippen molar-refractivity contribution >= 4 is 41.7 Å². The molecule has 2 unspecified atom stereocenters. The van der Waals surface area contributed by atoms with Crippen LogP contribution in [0.3, 0.4) is 0 Å². The molecule has 10 heteroatoms. The van der Waals surface area contributed by atoms with Crippen molar-refractivity contribution in [3.8, 4) is 5.75 Å². The summed E-state index contributed by atoms with van der Waals surface area (Å²) >= 11 is 3.28. The molecule has 0 saturated carbocycles. The van der Waals surface area contributed by atoms with Crippen LogP contribution in [0.5, 0.6) is 5.75 Å². The van der Waals surface area contributed by atoms with Crippen LogP contribution in [0.4, 0.5) is 5.69 Å². The Balaban J connectivity index is 1.86. The second kappa shape index (κ2) is 9.48. The van der Waals surface area contributed by atoms with Crippen LogP contribution in [0.2, 0.25) is 0 Å². The third-order valence-corrected chi connectivity index (χ3v) is 9.33. The number of nitrogens with one attached hydrogen (secondary N) is 1. The van der Waals surface area contributed by atoms with Crippen molar-refractivity contribution in [1.29, 1.82) is 0 Å². The molecule has 1 aliphatic heterocycles. The van der Waals surface area contributed by atoms with Gasteiger partial charge in [0, 0.05) is 22.2 Å². The minimum Gasteiger partial charge on any atom is -0.492 e. The molecule has 7 nitrogen and oxygen atoms in total. The fourth-order valence-corrected chi connectivity index (χ4v) is 7.49. The maximum Gasteiger partial charge on any atom is 0.265 e. The molecule has 170 valence electrons. The maximum atomic E-state index is 13.1. The van der Waals surface area contributed by atoms with Gasteiger partial charge < -0.3 is 4.74 Å². The summed E-state index contributed by atoms with van der Waals surface area (Å²) in [6, 6.07) is 10.4. The normalized spacial score (nSPS) is 20.4. The summed E-state index contributed by atoms with van der Waals surface area (Å²) in [5.74, 6) is 0.241. The van der Waals surface area contributed by atoms with Gasteiger partial charge in [0.2, 0.25) is 10.0 Å². The number of rotatable bonds is 7. The standard InChI is InChI=1S/C21H27BrN2O5S2/c1-4-29-20-13-8-17(22)14-21(20)30(25,26)23-18-9-11-19(12-10-18)31(27,28)24-15(2)6-5-7-16(24)3/h8-16,23H,4-7H2,1-3H3. The Morgan fingerprint density at radius 1 is 1.03 bits per heavy atom. The summed E-state index contributed by atoms with van der Waals surface area (Å²) in [5, 5.41) is 0. The quantitative estimate of drug-likeness (QED) is 0.564. The lowest BCUT2D eigenvalue weighted by molar-refractivity contribution is 0.204. The Bertz CT molecular complexity index is 1120. The SMILES string of the molecule is CCOc1ccc(Br)cc1S(=O)(=O)Nc1ccc(S(=O)(=O)N2C(C)CCCC2C)cc1. The number of benzene rings is 2. The Kier molecular flexibility index (Phi) is 7.35. The van der Waals surface area contributed by atoms with Crippen molar-refractivity contribution in [2.24, 2.45) is 0 Å². The molecule has 0 spiro atoms. The number of halogens is 1. The van der Waals surface area contributed by atoms with Crippen molar-refractivity contribution in [3.05, 3.63) is 46.9 Å². The molecule has 1 aliphatic rings. The van der Waals surface area contributed by atoms with Crippen LogP contribution >= 0.6 is 15.9 Å². The fourth-order valence-electron chi connectivity index (χ4n) is 3.86. The Morgan fingerprint density at radius 3 is 2.23 bits per heavy atom. The minimum atomic E-state index is -3.94. The Hall–Kier alpha value is -1.62. The zero-order chi connectivity index (χ0) is 22.8. The van der Waals surface area contributed by atoms with Gasteiger partial charge in [0.15, 0.2) is 0 Å². The molecule has 1 N–H and O–H groups in total. The van der Waals surface area contributed by atoms with E-state index in [1.165, 1.54) is 30.3 Å². The molecule has 1 heterocycles. The molecule has 1 saturated heterocycles. The van der Waals surface area contributed by atoms with Gasteiger partial charge in [0.05, 0.1) is 11.5 Å². The van der Waals surface area contributed by atoms with Crippen molar-refractivity contribution in [2.45, 2.75) is 61.9 Å². The first-order chi connectivity index (χ1) is 14.6. The maximum absolute atomic E-state index is 13.1. The van der Waals surface area contributed by atoms with E-state index in [9.17, 15) is 16.8 Å². The van der Waals surface area contributed by atoms with Gasteiger partial charge in [-0.3, -0.25) is 4.72 Å². The topological polar surface area (TPSA) is 92.8 Å². The Labute approximate surface area is 193 Å². The predicted octanol–water partition coefficient (Wildman–Crippen LogP) is 4.60. The lowest BCUT2D eigenvalue weighted by Gasteiger charge is -2.37. The first-order valence-electron chi connectivity index (χ1n) is 10.1. The van der Waals surface area contributed by atoms with E-state index in [2.05, 4.69) is 20.7 Å². The Morgan fingerprint density at radius 2 is 1.65 bits per heavy atom. The molecule has 0 aliphatic carbocycles. The number of sulfonamides is 2. The van der Waals surface area contributed by atoms with E-state index < -0.39 is 20.0 Å². The molecule has 0 aromatic heterocycles. The summed E-state index contributed by atoms with van der Waals surface area (Å²) < 4.78 is 62.2. The second-order valence-electron chi connectivity index (χ2n) is 7.62. The molecule has 2 atom stereocenters. The fraction of sp³-hybridized carbons (Fsp3) is 0.429. The van der Waals surface area contributed by atoms with Crippen molar-refractivity contribution in [3.63, 3.8) is 0 Å². The van der Waals surface area contributed by atoms with Gasteiger partial charge in [0.25, 0.3) is 10.0 Å². The third kappa shape index (κ3) is 5.24. The van der Waals surface area contributed by atoms with Crippen LogP contribution in [0.15, 0.2) is 56.7 Å². The van der Waals surface area contributed by atoms with E-state index in [1.807, 2.05) is 13.8 Å². The highest BCUT2D eigenvalue weighted by Gasteiger charge is 2.35. The summed E-state index contributed by atoms with van der Waals surface area (Å²) in [5.41, 5.74) is 0.265. The van der Waals surface area contributed by atoms with Crippen LogP contribution in [-0.4, -0.2) is 39.8 Å². The molecule has 1 fully saturated rings. The summed E-state index contributed by atoms with van der Waals surface area (Å²) in [6.45, 7) is 5.94. The van der Waals surface area contributed by atoms with Crippen LogP contribution in [0.1, 0.15) is 40.0 Å². The summed E-state index contributed by atoms with van der Waals surface area (Å²) in [7, 11) is -7.60. The molecular formula is C21H27BrN2O5S2. The van der Waals surface area contributed by atoms with E-state index in [1.54, 1.807) is 23.4 Å². The largest absolute Gasteiger partial charge is 0.492 e. The van der Waals surface area contributed by atoms with Crippen molar-refractivity contribution in [2.75, 3.05) is 11.3 Å². The van der Waals surface area contributed by atoms with Crippen LogP contribution in [0.25, 0.3) is 0 Å². The van der Waals surface area contributed by atoms with Crippen molar-refractivity contribution in [1.82, 2.24) is 4.31 Å². The number of hydrogen-bond donors (Lipinski definition) is 1. The van der Waals surface area contributed by atoms with Gasteiger partial charge in [0.1, 0.15) is 10.6 Å². The molecule has 3 rings (SSSR count). The van der Waals surface area contributed by atoms with E-state index in [0.29, 0.717) is 11.1 Å². The molecule has 0 bridgehead atoms. The van der Waals surface area contributed by atoms with E-state index in [4.69, 9.17) is 4.74 Å².